The zero-order valence-electron chi connectivity index (χ0n) is 19.1. The monoisotopic (exact) mass is 470 g/mol. The zero-order chi connectivity index (χ0) is 23.9. The van der Waals surface area contributed by atoms with Crippen LogP contribution in [-0.4, -0.2) is 27.1 Å². The second-order valence-electron chi connectivity index (χ2n) is 7.95. The molecule has 172 valence electrons. The summed E-state index contributed by atoms with van der Waals surface area (Å²) in [6.45, 7) is 4.49. The third-order valence-corrected chi connectivity index (χ3v) is 6.27. The molecule has 4 rings (SSSR count). The summed E-state index contributed by atoms with van der Waals surface area (Å²) in [4.78, 5) is 29.3. The summed E-state index contributed by atoms with van der Waals surface area (Å²) in [6, 6.07) is 23.1. The zero-order valence-corrected chi connectivity index (χ0v) is 19.9. The number of aryl methyl sites for hydroxylation is 2. The van der Waals surface area contributed by atoms with Crippen LogP contribution in [0.2, 0.25) is 0 Å². The Morgan fingerprint density at radius 2 is 1.74 bits per heavy atom. The number of carbonyl (C=O) groups excluding carboxylic acids is 2. The van der Waals surface area contributed by atoms with Gasteiger partial charge in [0.05, 0.1) is 5.75 Å². The molecule has 2 N–H and O–H groups in total. The van der Waals surface area contributed by atoms with Crippen molar-refractivity contribution >= 4 is 29.3 Å². The van der Waals surface area contributed by atoms with Gasteiger partial charge in [0.25, 0.3) is 5.91 Å². The number of aromatic nitrogens is 2. The van der Waals surface area contributed by atoms with E-state index < -0.39 is 0 Å². The quantitative estimate of drug-likeness (QED) is 0.349. The average Bonchev–Trinajstić information content (AvgIpc) is 3.32. The van der Waals surface area contributed by atoms with E-state index >= 15 is 0 Å². The van der Waals surface area contributed by atoms with Gasteiger partial charge in [-0.05, 0) is 55.3 Å². The summed E-state index contributed by atoms with van der Waals surface area (Å²) in [6.07, 6.45) is 3.54. The Kier molecular flexibility index (Phi) is 7.44. The van der Waals surface area contributed by atoms with Crippen molar-refractivity contribution in [3.63, 3.8) is 0 Å². The molecule has 34 heavy (non-hydrogen) atoms. The van der Waals surface area contributed by atoms with Crippen molar-refractivity contribution < 1.29 is 9.59 Å². The number of carbonyl (C=O) groups is 2. The van der Waals surface area contributed by atoms with Crippen LogP contribution in [0.25, 0.3) is 5.69 Å². The molecule has 0 saturated carbocycles. The van der Waals surface area contributed by atoms with Crippen LogP contribution in [0.15, 0.2) is 90.3 Å². The van der Waals surface area contributed by atoms with E-state index in [-0.39, 0.29) is 17.6 Å². The van der Waals surface area contributed by atoms with Gasteiger partial charge in [0.1, 0.15) is 0 Å². The van der Waals surface area contributed by atoms with Crippen molar-refractivity contribution in [3.05, 3.63) is 107 Å². The maximum atomic E-state index is 12.5. The maximum Gasteiger partial charge on any atom is 0.251 e. The van der Waals surface area contributed by atoms with Crippen LogP contribution in [-0.2, 0) is 11.3 Å². The van der Waals surface area contributed by atoms with E-state index in [9.17, 15) is 9.59 Å². The van der Waals surface area contributed by atoms with Gasteiger partial charge in [0.2, 0.25) is 5.91 Å². The number of nitrogens with zero attached hydrogens (tertiary/aromatic N) is 2. The molecule has 0 saturated heterocycles. The number of benzene rings is 3. The summed E-state index contributed by atoms with van der Waals surface area (Å²) in [5.41, 5.74) is 5.52. The Balaban J connectivity index is 1.35. The second kappa shape index (κ2) is 10.9. The van der Waals surface area contributed by atoms with Crippen LogP contribution in [0.3, 0.4) is 0 Å². The van der Waals surface area contributed by atoms with E-state index in [0.717, 1.165) is 28.1 Å². The molecule has 0 aliphatic carbocycles. The van der Waals surface area contributed by atoms with Gasteiger partial charge >= 0.3 is 0 Å². The van der Waals surface area contributed by atoms with Crippen molar-refractivity contribution in [2.45, 2.75) is 25.5 Å². The second-order valence-corrected chi connectivity index (χ2v) is 8.89. The highest BCUT2D eigenvalue weighted by Crippen LogP contribution is 2.22. The number of imidazole rings is 1. The van der Waals surface area contributed by atoms with Crippen molar-refractivity contribution in [2.24, 2.45) is 0 Å². The number of thioether (sulfide) groups is 1. The van der Waals surface area contributed by atoms with E-state index in [0.29, 0.717) is 17.3 Å². The van der Waals surface area contributed by atoms with E-state index in [1.165, 1.54) is 11.8 Å². The lowest BCUT2D eigenvalue weighted by Gasteiger charge is -2.11. The molecule has 0 aliphatic rings. The van der Waals surface area contributed by atoms with Gasteiger partial charge in [-0.1, -0.05) is 59.8 Å². The minimum absolute atomic E-state index is 0.0862. The smallest absolute Gasteiger partial charge is 0.251 e. The average molecular weight is 471 g/mol. The Bertz CT molecular complexity index is 1280. The van der Waals surface area contributed by atoms with Crippen LogP contribution in [0.4, 0.5) is 5.69 Å². The molecule has 0 radical (unpaired) electrons. The molecule has 0 atom stereocenters. The van der Waals surface area contributed by atoms with Gasteiger partial charge in [-0.2, -0.15) is 0 Å². The molecule has 3 aromatic carbocycles. The molecule has 2 amide bonds. The predicted molar refractivity (Wildman–Crippen MR) is 136 cm³/mol. The maximum absolute atomic E-state index is 12.5. The van der Waals surface area contributed by atoms with E-state index in [1.807, 2.05) is 85.3 Å². The lowest BCUT2D eigenvalue weighted by Crippen LogP contribution is -2.22. The minimum atomic E-state index is -0.126. The normalized spacial score (nSPS) is 10.6. The summed E-state index contributed by atoms with van der Waals surface area (Å²) in [5.74, 6) is 0.0280. The first-order valence-electron chi connectivity index (χ1n) is 11.0. The molecular weight excluding hydrogens is 444 g/mol. The fourth-order valence-corrected chi connectivity index (χ4v) is 4.29. The molecule has 0 fully saturated rings. The van der Waals surface area contributed by atoms with Gasteiger partial charge in [-0.15, -0.1) is 0 Å². The standard InChI is InChI=1S/C27H26N4O2S/c1-19-8-13-24(20(2)16-19)30-25(32)18-34-27-28-14-15-31(27)23-11-9-22(10-12-23)26(33)29-17-21-6-4-3-5-7-21/h3-16H,17-18H2,1-2H3,(H,29,33)(H,30,32). The Morgan fingerprint density at radius 1 is 0.971 bits per heavy atom. The number of nitrogens with one attached hydrogen (secondary N) is 2. The number of rotatable bonds is 8. The largest absolute Gasteiger partial charge is 0.348 e. The van der Waals surface area contributed by atoms with Gasteiger partial charge < -0.3 is 10.6 Å². The first-order chi connectivity index (χ1) is 16.5. The molecule has 1 aromatic heterocycles. The Morgan fingerprint density at radius 3 is 2.47 bits per heavy atom. The Hall–Kier alpha value is -3.84. The third kappa shape index (κ3) is 5.94. The number of hydrogen-bond acceptors (Lipinski definition) is 4. The highest BCUT2D eigenvalue weighted by molar-refractivity contribution is 7.99. The molecule has 1 heterocycles. The molecule has 0 bridgehead atoms. The van der Waals surface area contributed by atoms with Gasteiger partial charge in [0, 0.05) is 35.9 Å². The van der Waals surface area contributed by atoms with Crippen molar-refractivity contribution in [1.29, 1.82) is 0 Å². The molecule has 4 aromatic rings. The number of anilines is 1. The molecule has 0 spiro atoms. The van der Waals surface area contributed by atoms with Gasteiger partial charge in [0.15, 0.2) is 5.16 Å². The van der Waals surface area contributed by atoms with E-state index in [4.69, 9.17) is 0 Å². The third-order valence-electron chi connectivity index (χ3n) is 5.30. The lowest BCUT2D eigenvalue weighted by atomic mass is 10.1. The van der Waals surface area contributed by atoms with Crippen LogP contribution >= 0.6 is 11.8 Å². The first kappa shape index (κ1) is 23.3. The molecule has 6 nitrogen and oxygen atoms in total. The summed E-state index contributed by atoms with van der Waals surface area (Å²) >= 11 is 1.36. The van der Waals surface area contributed by atoms with E-state index in [1.54, 1.807) is 18.3 Å². The predicted octanol–water partition coefficient (Wildman–Crippen LogP) is 5.15. The van der Waals surface area contributed by atoms with Crippen molar-refractivity contribution in [3.8, 4) is 5.69 Å². The summed E-state index contributed by atoms with van der Waals surface area (Å²) < 4.78 is 1.90. The molecule has 7 heteroatoms. The molecule has 0 unspecified atom stereocenters. The topological polar surface area (TPSA) is 76.0 Å². The highest BCUT2D eigenvalue weighted by atomic mass is 32.2. The van der Waals surface area contributed by atoms with Gasteiger partial charge in [-0.3, -0.25) is 14.2 Å². The van der Waals surface area contributed by atoms with E-state index in [2.05, 4.69) is 15.6 Å². The van der Waals surface area contributed by atoms with Crippen molar-refractivity contribution in [2.75, 3.05) is 11.1 Å². The summed E-state index contributed by atoms with van der Waals surface area (Å²) in [5, 5.41) is 6.60. The highest BCUT2D eigenvalue weighted by Gasteiger charge is 2.12. The SMILES string of the molecule is Cc1ccc(NC(=O)CSc2nccn2-c2ccc(C(=O)NCc3ccccc3)cc2)c(C)c1. The first-order valence-corrected chi connectivity index (χ1v) is 11.9. The number of hydrogen-bond donors (Lipinski definition) is 2. The molecule has 0 aliphatic heterocycles. The summed E-state index contributed by atoms with van der Waals surface area (Å²) in [7, 11) is 0. The fourth-order valence-electron chi connectivity index (χ4n) is 3.52. The van der Waals surface area contributed by atoms with Crippen LogP contribution in [0.1, 0.15) is 27.0 Å². The lowest BCUT2D eigenvalue weighted by molar-refractivity contribution is -0.113. The van der Waals surface area contributed by atoms with Gasteiger partial charge in [-0.25, -0.2) is 4.98 Å². The van der Waals surface area contributed by atoms with Crippen LogP contribution < -0.4 is 10.6 Å². The van der Waals surface area contributed by atoms with Crippen LogP contribution in [0, 0.1) is 13.8 Å². The number of amides is 2. The molecular formula is C27H26N4O2S. The van der Waals surface area contributed by atoms with Crippen molar-refractivity contribution in [1.82, 2.24) is 14.9 Å². The fraction of sp³-hybridized carbons (Fsp3) is 0.148. The minimum Gasteiger partial charge on any atom is -0.348 e. The Labute approximate surface area is 203 Å². The van der Waals surface area contributed by atoms with Crippen LogP contribution in [0.5, 0.6) is 0 Å².